The number of hydrogen-bond acceptors (Lipinski definition) is 9. The average molecular weight is 479 g/mol. The van der Waals surface area contributed by atoms with Crippen molar-refractivity contribution in [3.8, 4) is 0 Å². The fourth-order valence-electron chi connectivity index (χ4n) is 6.07. The van der Waals surface area contributed by atoms with E-state index in [4.69, 9.17) is 14.4 Å². The molecule has 0 amide bonds. The van der Waals surface area contributed by atoms with Gasteiger partial charge in [-0.3, -0.25) is 0 Å². The molecule has 0 spiro atoms. The first kappa shape index (κ1) is 22.1. The highest BCUT2D eigenvalue weighted by molar-refractivity contribution is 5.75. The largest absolute Gasteiger partial charge is 0.408 e. The fraction of sp³-hybridized carbons (Fsp3) is 0.520. The molecular formula is C25H31FN8O. The molecule has 2 aromatic heterocycles. The second kappa shape index (κ2) is 8.07. The summed E-state index contributed by atoms with van der Waals surface area (Å²) >= 11 is 0. The van der Waals surface area contributed by atoms with Crippen LogP contribution in [-0.4, -0.2) is 52.9 Å². The lowest BCUT2D eigenvalue weighted by Crippen LogP contribution is -2.48. The first-order chi connectivity index (χ1) is 16.8. The van der Waals surface area contributed by atoms with Gasteiger partial charge >= 0.3 is 6.01 Å². The summed E-state index contributed by atoms with van der Waals surface area (Å²) in [5, 5.41) is 15.2. The number of anilines is 5. The van der Waals surface area contributed by atoms with Crippen LogP contribution >= 0.6 is 0 Å². The van der Waals surface area contributed by atoms with Crippen molar-refractivity contribution in [1.29, 1.82) is 0 Å². The van der Waals surface area contributed by atoms with Gasteiger partial charge in [0.25, 0.3) is 0 Å². The van der Waals surface area contributed by atoms with Crippen molar-refractivity contribution in [2.24, 2.45) is 11.8 Å². The molecule has 10 heteroatoms. The molecule has 1 aromatic carbocycles. The van der Waals surface area contributed by atoms with Crippen LogP contribution in [0, 0.1) is 24.6 Å². The van der Waals surface area contributed by atoms with Crippen LogP contribution in [0.3, 0.4) is 0 Å². The third-order valence-corrected chi connectivity index (χ3v) is 7.67. The van der Waals surface area contributed by atoms with Crippen molar-refractivity contribution in [2.75, 3.05) is 47.1 Å². The normalized spacial score (nSPS) is 24.5. The van der Waals surface area contributed by atoms with Gasteiger partial charge in [0, 0.05) is 56.3 Å². The number of rotatable bonds is 5. The summed E-state index contributed by atoms with van der Waals surface area (Å²) < 4.78 is 19.3. The van der Waals surface area contributed by atoms with Crippen molar-refractivity contribution in [2.45, 2.75) is 45.1 Å². The maximum Gasteiger partial charge on any atom is 0.318 e. The van der Waals surface area contributed by atoms with E-state index in [1.807, 2.05) is 26.1 Å². The zero-order valence-electron chi connectivity index (χ0n) is 20.5. The minimum atomic E-state index is -0.245. The number of piperidine rings is 1. The van der Waals surface area contributed by atoms with Gasteiger partial charge in [0.1, 0.15) is 17.5 Å². The topological polar surface area (TPSA) is 95.2 Å². The Bertz CT molecular complexity index is 1230. The number of aryl methyl sites for hydroxylation is 1. The minimum absolute atomic E-state index is 0.160. The van der Waals surface area contributed by atoms with Gasteiger partial charge < -0.3 is 24.9 Å². The molecule has 1 aliphatic carbocycles. The summed E-state index contributed by atoms with van der Waals surface area (Å²) in [5.41, 5.74) is 1.85. The predicted molar refractivity (Wildman–Crippen MR) is 133 cm³/mol. The molecule has 2 aliphatic heterocycles. The summed E-state index contributed by atoms with van der Waals surface area (Å²) in [5.74, 6) is 3.56. The lowest BCUT2D eigenvalue weighted by molar-refractivity contribution is 0.357. The maximum atomic E-state index is 13.6. The summed E-state index contributed by atoms with van der Waals surface area (Å²) in [6, 6.07) is 7.51. The Hall–Kier alpha value is -3.43. The van der Waals surface area contributed by atoms with E-state index in [1.165, 1.54) is 12.1 Å². The number of nitrogens with one attached hydrogen (secondary N) is 2. The Morgan fingerprint density at radius 1 is 1.06 bits per heavy atom. The van der Waals surface area contributed by atoms with Crippen LogP contribution < -0.4 is 20.4 Å². The third kappa shape index (κ3) is 3.75. The van der Waals surface area contributed by atoms with Crippen LogP contribution in [0.1, 0.15) is 38.1 Å². The Morgan fingerprint density at radius 3 is 2.40 bits per heavy atom. The molecule has 4 heterocycles. The highest BCUT2D eigenvalue weighted by Crippen LogP contribution is 2.47. The smallest absolute Gasteiger partial charge is 0.318 e. The van der Waals surface area contributed by atoms with E-state index in [9.17, 15) is 4.39 Å². The SMILES string of the molecule is CNc1nc(N[C@H]2[C@@H]3CC[C@H]2CN(c2nnc(C)o2)C3)nc2c1C(C)(C)CN2c1ccc(F)cc1. The van der Waals surface area contributed by atoms with E-state index in [0.717, 1.165) is 55.4 Å². The quantitative estimate of drug-likeness (QED) is 0.562. The number of fused-ring (bicyclic) bond motifs is 3. The standard InChI is InChI=1S/C25H31FN8O/c1-14-31-32-24(35-14)33-11-15-5-6-16(12-33)20(15)28-23-29-21(27-4)19-22(30-23)34(13-25(19,2)3)18-9-7-17(26)8-10-18/h7-10,15-16,20H,5-6,11-13H2,1-4H3,(H2,27,28,29,30)/t15-,16+,20+. The van der Waals surface area contributed by atoms with E-state index in [0.29, 0.717) is 29.7 Å². The molecule has 9 nitrogen and oxygen atoms in total. The lowest BCUT2D eigenvalue weighted by Gasteiger charge is -2.37. The van der Waals surface area contributed by atoms with Gasteiger partial charge in [-0.15, -0.1) is 5.10 Å². The van der Waals surface area contributed by atoms with Crippen molar-refractivity contribution >= 4 is 29.3 Å². The third-order valence-electron chi connectivity index (χ3n) is 7.67. The monoisotopic (exact) mass is 478 g/mol. The van der Waals surface area contributed by atoms with E-state index in [-0.39, 0.29) is 17.3 Å². The van der Waals surface area contributed by atoms with Crippen molar-refractivity contribution in [3.63, 3.8) is 0 Å². The molecule has 3 aromatic rings. The molecule has 0 unspecified atom stereocenters. The summed E-state index contributed by atoms with van der Waals surface area (Å²) in [6.45, 7) is 8.70. The van der Waals surface area contributed by atoms with E-state index in [1.54, 1.807) is 0 Å². The molecule has 2 N–H and O–H groups in total. The first-order valence-electron chi connectivity index (χ1n) is 12.3. The molecule has 1 saturated heterocycles. The zero-order valence-corrected chi connectivity index (χ0v) is 20.5. The number of nitrogens with zero attached hydrogens (tertiary/aromatic N) is 6. The first-order valence-corrected chi connectivity index (χ1v) is 12.3. The van der Waals surface area contributed by atoms with Gasteiger partial charge in [-0.25, -0.2) is 4.39 Å². The van der Waals surface area contributed by atoms with Crippen LogP contribution in [0.5, 0.6) is 0 Å². The van der Waals surface area contributed by atoms with E-state index < -0.39 is 0 Å². The second-order valence-corrected chi connectivity index (χ2v) is 10.6. The minimum Gasteiger partial charge on any atom is -0.408 e. The molecule has 2 fully saturated rings. The molecule has 0 radical (unpaired) electrons. The molecular weight excluding hydrogens is 447 g/mol. The molecule has 3 atom stereocenters. The Labute approximate surface area is 204 Å². The van der Waals surface area contributed by atoms with Crippen molar-refractivity contribution in [3.05, 3.63) is 41.5 Å². The summed E-state index contributed by atoms with van der Waals surface area (Å²) in [7, 11) is 1.90. The van der Waals surface area contributed by atoms with Gasteiger partial charge in [-0.1, -0.05) is 18.9 Å². The van der Waals surface area contributed by atoms with Gasteiger partial charge in [-0.2, -0.15) is 9.97 Å². The highest BCUT2D eigenvalue weighted by atomic mass is 19.1. The van der Waals surface area contributed by atoms with Crippen LogP contribution in [0.15, 0.2) is 28.7 Å². The Morgan fingerprint density at radius 2 is 1.77 bits per heavy atom. The lowest BCUT2D eigenvalue weighted by atomic mass is 9.88. The Kier molecular flexibility index (Phi) is 5.08. The van der Waals surface area contributed by atoms with Crippen LogP contribution in [0.2, 0.25) is 0 Å². The fourth-order valence-corrected chi connectivity index (χ4v) is 6.07. The van der Waals surface area contributed by atoms with Crippen molar-refractivity contribution in [1.82, 2.24) is 20.2 Å². The number of halogens is 1. The second-order valence-electron chi connectivity index (χ2n) is 10.6. The van der Waals surface area contributed by atoms with Gasteiger partial charge in [0.2, 0.25) is 11.8 Å². The molecule has 6 rings (SSSR count). The Balaban J connectivity index is 1.30. The predicted octanol–water partition coefficient (Wildman–Crippen LogP) is 4.11. The van der Waals surface area contributed by atoms with Gasteiger partial charge in [0.05, 0.1) is 0 Å². The van der Waals surface area contributed by atoms with Crippen LogP contribution in [0.25, 0.3) is 0 Å². The molecule has 1 saturated carbocycles. The van der Waals surface area contributed by atoms with E-state index >= 15 is 0 Å². The zero-order chi connectivity index (χ0) is 24.3. The number of aromatic nitrogens is 4. The number of hydrogen-bond donors (Lipinski definition) is 2. The summed E-state index contributed by atoms with van der Waals surface area (Å²) in [4.78, 5) is 14.3. The van der Waals surface area contributed by atoms with Crippen molar-refractivity contribution < 1.29 is 8.81 Å². The summed E-state index contributed by atoms with van der Waals surface area (Å²) in [6.07, 6.45) is 2.29. The molecule has 3 aliphatic rings. The number of benzene rings is 1. The maximum absolute atomic E-state index is 13.6. The van der Waals surface area contributed by atoms with E-state index in [2.05, 4.69) is 44.5 Å². The highest BCUT2D eigenvalue weighted by Gasteiger charge is 2.45. The molecule has 184 valence electrons. The van der Waals surface area contributed by atoms with Crippen LogP contribution in [0.4, 0.5) is 33.7 Å². The molecule has 35 heavy (non-hydrogen) atoms. The van der Waals surface area contributed by atoms with Gasteiger partial charge in [-0.05, 0) is 48.9 Å². The molecule has 2 bridgehead atoms. The van der Waals surface area contributed by atoms with Crippen LogP contribution in [-0.2, 0) is 5.41 Å². The average Bonchev–Trinajstić information content (AvgIpc) is 3.45. The van der Waals surface area contributed by atoms with Gasteiger partial charge in [0.15, 0.2) is 0 Å².